The van der Waals surface area contributed by atoms with Gasteiger partial charge >= 0.3 is 0 Å². The number of carbonyl (C=O) groups excluding carboxylic acids is 2. The Morgan fingerprint density at radius 2 is 1.35 bits per heavy atom. The summed E-state index contributed by atoms with van der Waals surface area (Å²) >= 11 is 0. The lowest BCUT2D eigenvalue weighted by Crippen LogP contribution is -2.28. The molecular formula is C29H31O2. The molecule has 3 aromatic rings. The zero-order chi connectivity index (χ0) is 22.3. The summed E-state index contributed by atoms with van der Waals surface area (Å²) in [7, 11) is 0. The predicted octanol–water partition coefficient (Wildman–Crippen LogP) is 6.80. The SMILES string of the molecule is CCc1ccc(C(=O)C(C)(C)CC([C]=O)CC(c2ccccc2)c2ccccc2)cc1. The number of hydrogen-bond acceptors (Lipinski definition) is 2. The minimum Gasteiger partial charge on any atom is -0.294 e. The second kappa shape index (κ2) is 10.3. The van der Waals surface area contributed by atoms with Crippen molar-refractivity contribution in [3.63, 3.8) is 0 Å². The van der Waals surface area contributed by atoms with Crippen LogP contribution in [0.3, 0.4) is 0 Å². The van der Waals surface area contributed by atoms with Gasteiger partial charge in [-0.25, -0.2) is 0 Å². The van der Waals surface area contributed by atoms with Gasteiger partial charge in [-0.15, -0.1) is 0 Å². The van der Waals surface area contributed by atoms with Gasteiger partial charge in [0.05, 0.1) is 0 Å². The van der Waals surface area contributed by atoms with Crippen LogP contribution in [0.1, 0.15) is 66.6 Å². The number of Topliss-reactive ketones (excluding diaryl/α,β-unsaturated/α-hetero) is 1. The molecule has 3 rings (SSSR count). The third kappa shape index (κ3) is 5.79. The molecule has 0 amide bonds. The average molecular weight is 412 g/mol. The van der Waals surface area contributed by atoms with Crippen molar-refractivity contribution >= 4 is 12.1 Å². The van der Waals surface area contributed by atoms with Crippen molar-refractivity contribution in [3.8, 4) is 0 Å². The summed E-state index contributed by atoms with van der Waals surface area (Å²) in [5.41, 5.74) is 3.62. The molecule has 31 heavy (non-hydrogen) atoms. The Hall–Kier alpha value is -3.00. The Morgan fingerprint density at radius 1 is 0.839 bits per heavy atom. The molecule has 0 spiro atoms. The van der Waals surface area contributed by atoms with E-state index in [2.05, 4.69) is 37.5 Å². The van der Waals surface area contributed by atoms with Crippen molar-refractivity contribution in [1.82, 2.24) is 0 Å². The lowest BCUT2D eigenvalue weighted by Gasteiger charge is -2.28. The lowest BCUT2D eigenvalue weighted by molar-refractivity contribution is 0.0811. The predicted molar refractivity (Wildman–Crippen MR) is 127 cm³/mol. The molecule has 0 fully saturated rings. The molecule has 0 saturated heterocycles. The van der Waals surface area contributed by atoms with Crippen LogP contribution in [0.25, 0.3) is 0 Å². The average Bonchev–Trinajstić information content (AvgIpc) is 2.82. The first kappa shape index (κ1) is 22.7. The monoisotopic (exact) mass is 411 g/mol. The van der Waals surface area contributed by atoms with E-state index in [4.69, 9.17) is 0 Å². The molecule has 2 heteroatoms. The maximum atomic E-state index is 13.2. The van der Waals surface area contributed by atoms with Gasteiger partial charge in [0.25, 0.3) is 0 Å². The van der Waals surface area contributed by atoms with Crippen molar-refractivity contribution in [3.05, 3.63) is 107 Å². The smallest absolute Gasteiger partial charge is 0.201 e. The van der Waals surface area contributed by atoms with E-state index in [0.29, 0.717) is 18.4 Å². The third-order valence-corrected chi connectivity index (χ3v) is 6.09. The van der Waals surface area contributed by atoms with E-state index in [9.17, 15) is 9.59 Å². The van der Waals surface area contributed by atoms with E-state index >= 15 is 0 Å². The van der Waals surface area contributed by atoms with Crippen molar-refractivity contribution in [2.45, 2.75) is 46.0 Å². The molecule has 1 unspecified atom stereocenters. The van der Waals surface area contributed by atoms with Crippen LogP contribution in [0.15, 0.2) is 84.9 Å². The molecule has 0 aliphatic heterocycles. The molecule has 159 valence electrons. The Bertz CT molecular complexity index is 933. The highest BCUT2D eigenvalue weighted by molar-refractivity contribution is 6.00. The Morgan fingerprint density at radius 3 is 1.81 bits per heavy atom. The van der Waals surface area contributed by atoms with E-state index < -0.39 is 5.41 Å². The number of hydrogen-bond donors (Lipinski definition) is 0. The van der Waals surface area contributed by atoms with Gasteiger partial charge in [-0.3, -0.25) is 9.59 Å². The van der Waals surface area contributed by atoms with Gasteiger partial charge in [-0.2, -0.15) is 0 Å². The topological polar surface area (TPSA) is 34.1 Å². The summed E-state index contributed by atoms with van der Waals surface area (Å²) < 4.78 is 0. The van der Waals surface area contributed by atoms with Crippen LogP contribution in [0.5, 0.6) is 0 Å². The molecule has 3 aromatic carbocycles. The van der Waals surface area contributed by atoms with Crippen LogP contribution in [-0.4, -0.2) is 12.1 Å². The van der Waals surface area contributed by atoms with E-state index in [1.54, 1.807) is 0 Å². The molecule has 1 radical (unpaired) electrons. The number of benzene rings is 3. The molecule has 2 nitrogen and oxygen atoms in total. The van der Waals surface area contributed by atoms with Crippen LogP contribution in [0.4, 0.5) is 0 Å². The van der Waals surface area contributed by atoms with Gasteiger partial charge in [0.2, 0.25) is 6.29 Å². The molecule has 0 heterocycles. The normalized spacial score (nSPS) is 12.5. The quantitative estimate of drug-likeness (QED) is 0.344. The van der Waals surface area contributed by atoms with Crippen LogP contribution in [-0.2, 0) is 11.2 Å². The molecular weight excluding hydrogens is 380 g/mol. The molecule has 1 atom stereocenters. The fourth-order valence-electron chi connectivity index (χ4n) is 4.28. The number of aryl methyl sites for hydroxylation is 1. The van der Waals surface area contributed by atoms with Gasteiger partial charge in [-0.05, 0) is 36.0 Å². The van der Waals surface area contributed by atoms with Gasteiger partial charge in [-0.1, -0.05) is 106 Å². The van der Waals surface area contributed by atoms with Crippen molar-refractivity contribution in [2.24, 2.45) is 11.3 Å². The lowest BCUT2D eigenvalue weighted by atomic mass is 9.73. The zero-order valence-electron chi connectivity index (χ0n) is 18.7. The minimum atomic E-state index is -0.645. The van der Waals surface area contributed by atoms with Crippen molar-refractivity contribution < 1.29 is 9.59 Å². The molecule has 0 saturated carbocycles. The minimum absolute atomic E-state index is 0.0753. The van der Waals surface area contributed by atoms with Gasteiger partial charge in [0.15, 0.2) is 5.78 Å². The highest BCUT2D eigenvalue weighted by atomic mass is 16.1. The first-order chi connectivity index (χ1) is 14.9. The number of ketones is 1. The first-order valence-corrected chi connectivity index (χ1v) is 11.1. The second-order valence-electron chi connectivity index (χ2n) is 8.89. The number of rotatable bonds is 10. The molecule has 0 aromatic heterocycles. The second-order valence-corrected chi connectivity index (χ2v) is 8.89. The highest BCUT2D eigenvalue weighted by Crippen LogP contribution is 2.36. The fourth-order valence-corrected chi connectivity index (χ4v) is 4.28. The van der Waals surface area contributed by atoms with E-state index in [1.807, 2.05) is 74.5 Å². The van der Waals surface area contributed by atoms with Crippen LogP contribution in [0, 0.1) is 11.3 Å². The van der Waals surface area contributed by atoms with Crippen LogP contribution in [0.2, 0.25) is 0 Å². The summed E-state index contributed by atoms with van der Waals surface area (Å²) in [6, 6.07) is 28.3. The number of carbonyl (C=O) groups is 1. The summed E-state index contributed by atoms with van der Waals surface area (Å²) in [5.74, 6) is -0.172. The van der Waals surface area contributed by atoms with E-state index in [-0.39, 0.29) is 17.6 Å². The van der Waals surface area contributed by atoms with Gasteiger partial charge in [0.1, 0.15) is 0 Å². The van der Waals surface area contributed by atoms with Gasteiger partial charge in [0, 0.05) is 22.8 Å². The van der Waals surface area contributed by atoms with Gasteiger partial charge < -0.3 is 0 Å². The van der Waals surface area contributed by atoms with Crippen LogP contribution >= 0.6 is 0 Å². The maximum absolute atomic E-state index is 13.2. The molecule has 0 N–H and O–H groups in total. The largest absolute Gasteiger partial charge is 0.294 e. The highest BCUT2D eigenvalue weighted by Gasteiger charge is 2.33. The summed E-state index contributed by atoms with van der Waals surface area (Å²) in [6.07, 6.45) is 4.30. The molecule has 0 aliphatic rings. The fraction of sp³-hybridized carbons (Fsp3) is 0.310. The standard InChI is InChI=1S/C29H31O2/c1-4-22-15-17-26(18-16-22)28(31)29(2,3)20-23(21-30)19-27(24-11-7-5-8-12-24)25-13-9-6-10-14-25/h5-18,23,27H,4,19-20H2,1-3H3. The van der Waals surface area contributed by atoms with Crippen molar-refractivity contribution in [1.29, 1.82) is 0 Å². The van der Waals surface area contributed by atoms with E-state index in [1.165, 1.54) is 16.7 Å². The van der Waals surface area contributed by atoms with Crippen molar-refractivity contribution in [2.75, 3.05) is 0 Å². The summed E-state index contributed by atoms with van der Waals surface area (Å²) in [5, 5.41) is 0. The summed E-state index contributed by atoms with van der Waals surface area (Å²) in [4.78, 5) is 25.2. The van der Waals surface area contributed by atoms with Crippen LogP contribution < -0.4 is 0 Å². The molecule has 0 bridgehead atoms. The Balaban J connectivity index is 1.80. The maximum Gasteiger partial charge on any atom is 0.201 e. The first-order valence-electron chi connectivity index (χ1n) is 11.1. The zero-order valence-corrected chi connectivity index (χ0v) is 18.7. The Kier molecular flexibility index (Phi) is 7.57. The Labute approximate surface area is 186 Å². The molecule has 0 aliphatic carbocycles. The third-order valence-electron chi connectivity index (χ3n) is 6.09. The van der Waals surface area contributed by atoms with E-state index in [0.717, 1.165) is 6.42 Å². The summed E-state index contributed by atoms with van der Waals surface area (Å²) in [6.45, 7) is 5.97.